The van der Waals surface area contributed by atoms with Crippen LogP contribution in [0.5, 0.6) is 5.75 Å². The third kappa shape index (κ3) is 4.44. The fourth-order valence-corrected chi connectivity index (χ4v) is 4.75. The predicted molar refractivity (Wildman–Crippen MR) is 117 cm³/mol. The maximum Gasteiger partial charge on any atom is 0.423 e. The maximum atomic E-state index is 13.2. The largest absolute Gasteiger partial charge is 0.423 e. The number of hydrogen-bond acceptors (Lipinski definition) is 5. The second-order valence-electron chi connectivity index (χ2n) is 9.72. The minimum absolute atomic E-state index is 0.158. The van der Waals surface area contributed by atoms with Crippen molar-refractivity contribution in [3.05, 3.63) is 41.2 Å². The van der Waals surface area contributed by atoms with Crippen LogP contribution in [0.3, 0.4) is 0 Å². The zero-order valence-electron chi connectivity index (χ0n) is 19.1. The Labute approximate surface area is 194 Å². The number of carbonyl (C=O) groups excluding carboxylic acids is 2. The van der Waals surface area contributed by atoms with Crippen LogP contribution >= 0.6 is 0 Å². The number of rotatable bonds is 4. The van der Waals surface area contributed by atoms with Gasteiger partial charge in [0.2, 0.25) is 0 Å². The minimum atomic E-state index is -4.48. The summed E-state index contributed by atoms with van der Waals surface area (Å²) < 4.78 is 47.0. The Morgan fingerprint density at radius 3 is 2.06 bits per heavy atom. The lowest BCUT2D eigenvalue weighted by molar-refractivity contribution is -0.168. The van der Waals surface area contributed by atoms with Crippen LogP contribution in [0.15, 0.2) is 24.3 Å². The molecule has 2 aliphatic rings. The van der Waals surface area contributed by atoms with Crippen LogP contribution in [0.2, 0.25) is 0 Å². The van der Waals surface area contributed by atoms with Crippen molar-refractivity contribution >= 4 is 12.2 Å². The quantitative estimate of drug-likeness (QED) is 0.645. The molecule has 1 saturated carbocycles. The summed E-state index contributed by atoms with van der Waals surface area (Å²) >= 11 is 0. The molecule has 1 aromatic heterocycles. The van der Waals surface area contributed by atoms with E-state index in [1.807, 2.05) is 25.3 Å². The molecule has 0 spiro atoms. The smallest absolute Gasteiger partial charge is 0.408 e. The minimum Gasteiger partial charge on any atom is -0.408 e. The van der Waals surface area contributed by atoms with Crippen molar-refractivity contribution in [2.75, 3.05) is 6.54 Å². The van der Waals surface area contributed by atoms with E-state index in [0.29, 0.717) is 29.9 Å². The summed E-state index contributed by atoms with van der Waals surface area (Å²) in [5.41, 5.74) is 11.9. The molecule has 11 heteroatoms. The zero-order valence-corrected chi connectivity index (χ0v) is 19.1. The van der Waals surface area contributed by atoms with E-state index in [4.69, 9.17) is 21.0 Å². The normalized spacial score (nSPS) is 18.9. The van der Waals surface area contributed by atoms with Gasteiger partial charge in [-0.3, -0.25) is 0 Å². The predicted octanol–water partition coefficient (Wildman–Crippen LogP) is 4.92. The molecule has 1 atom stereocenters. The molecular formula is C23H27F3N4O4. The van der Waals surface area contributed by atoms with E-state index in [1.54, 1.807) is 0 Å². The molecule has 1 aliphatic carbocycles. The van der Waals surface area contributed by atoms with Crippen LogP contribution in [0.4, 0.5) is 22.8 Å². The van der Waals surface area contributed by atoms with Gasteiger partial charge in [0, 0.05) is 23.7 Å². The van der Waals surface area contributed by atoms with E-state index in [-0.39, 0.29) is 11.7 Å². The van der Waals surface area contributed by atoms with Gasteiger partial charge in [0.05, 0.1) is 23.8 Å². The molecule has 34 heavy (non-hydrogen) atoms. The Hall–Kier alpha value is -3.21. The summed E-state index contributed by atoms with van der Waals surface area (Å²) in [6.45, 7) is 6.52. The molecule has 1 fully saturated rings. The van der Waals surface area contributed by atoms with E-state index in [2.05, 4.69) is 0 Å². The van der Waals surface area contributed by atoms with E-state index in [0.717, 1.165) is 30.7 Å². The number of primary amides is 2. The molecule has 0 bridgehead atoms. The topological polar surface area (TPSA) is 113 Å². The highest BCUT2D eigenvalue weighted by atomic mass is 19.4. The van der Waals surface area contributed by atoms with Gasteiger partial charge < -0.3 is 25.6 Å². The zero-order chi connectivity index (χ0) is 25.0. The number of aromatic nitrogens is 1. The first-order valence-corrected chi connectivity index (χ1v) is 10.9. The first kappa shape index (κ1) is 23.9. The number of ether oxygens (including phenoxy) is 1. The monoisotopic (exact) mass is 480 g/mol. The van der Waals surface area contributed by atoms with Gasteiger partial charge in [-0.05, 0) is 36.0 Å². The van der Waals surface area contributed by atoms with Gasteiger partial charge in [-0.15, -0.1) is 5.06 Å². The molecule has 1 unspecified atom stereocenters. The van der Waals surface area contributed by atoms with Gasteiger partial charge in [0.1, 0.15) is 0 Å². The summed E-state index contributed by atoms with van der Waals surface area (Å²) in [5, 5.41) is 1.46. The van der Waals surface area contributed by atoms with Crippen molar-refractivity contribution in [3.8, 4) is 16.9 Å². The number of halogens is 3. The molecule has 4 N–H and O–H groups in total. The van der Waals surface area contributed by atoms with Crippen LogP contribution in [-0.2, 0) is 17.6 Å². The van der Waals surface area contributed by atoms with Crippen molar-refractivity contribution in [1.82, 2.24) is 9.63 Å². The van der Waals surface area contributed by atoms with Crippen molar-refractivity contribution in [3.63, 3.8) is 0 Å². The number of alkyl halides is 3. The standard InChI is InChI=1S/C23H27F3N4O4/c1-22(2,3)19-17-18(33-20(27)31)15(12-6-8-14(9-7-12)23(24,25)26)16(13-4-5-13)29(17)10-11-30(19)34-21(28)32/h6-9,13,19H,4-5,10-11H2,1-3H3,(H2,27,31)(H2,28,32). The number of hydroxylamine groups is 2. The Morgan fingerprint density at radius 2 is 1.59 bits per heavy atom. The van der Waals surface area contributed by atoms with Gasteiger partial charge in [-0.25, -0.2) is 9.59 Å². The lowest BCUT2D eigenvalue weighted by Crippen LogP contribution is -2.46. The van der Waals surface area contributed by atoms with Crippen LogP contribution in [0.1, 0.15) is 62.5 Å². The van der Waals surface area contributed by atoms with E-state index in [1.165, 1.54) is 17.2 Å². The van der Waals surface area contributed by atoms with Crippen LogP contribution < -0.4 is 16.2 Å². The first-order chi connectivity index (χ1) is 15.8. The molecule has 2 heterocycles. The molecule has 1 aliphatic heterocycles. The number of amides is 2. The Kier molecular flexibility index (Phi) is 5.79. The lowest BCUT2D eigenvalue weighted by Gasteiger charge is -2.42. The average Bonchev–Trinajstić information content (AvgIpc) is 3.49. The van der Waals surface area contributed by atoms with Crippen LogP contribution in [-0.4, -0.2) is 28.4 Å². The molecule has 8 nitrogen and oxygen atoms in total. The Balaban J connectivity index is 1.97. The Morgan fingerprint density at radius 1 is 0.971 bits per heavy atom. The molecule has 2 aromatic rings. The number of carbonyl (C=O) groups is 2. The molecule has 4 rings (SSSR count). The number of nitrogens with two attached hydrogens (primary N) is 2. The van der Waals surface area contributed by atoms with Crippen molar-refractivity contribution in [1.29, 1.82) is 0 Å². The molecule has 0 saturated heterocycles. The van der Waals surface area contributed by atoms with Gasteiger partial charge in [0.15, 0.2) is 5.75 Å². The molecule has 2 amide bonds. The molecule has 0 radical (unpaired) electrons. The fraction of sp³-hybridized carbons (Fsp3) is 0.478. The van der Waals surface area contributed by atoms with E-state index >= 15 is 0 Å². The summed E-state index contributed by atoms with van der Waals surface area (Å²) in [7, 11) is 0. The third-order valence-corrected chi connectivity index (χ3v) is 6.08. The van der Waals surface area contributed by atoms with Gasteiger partial charge in [-0.1, -0.05) is 32.9 Å². The highest BCUT2D eigenvalue weighted by Crippen LogP contribution is 2.55. The first-order valence-electron chi connectivity index (χ1n) is 10.9. The lowest BCUT2D eigenvalue weighted by atomic mass is 9.83. The van der Waals surface area contributed by atoms with Crippen molar-refractivity contribution in [2.24, 2.45) is 16.9 Å². The number of hydrogen-bond donors (Lipinski definition) is 2. The van der Waals surface area contributed by atoms with Gasteiger partial charge >= 0.3 is 18.4 Å². The SMILES string of the molecule is CC(C)(C)C1c2c(OC(N)=O)c(-c3ccc(C(F)(F)F)cc3)c(C3CC3)n2CCN1OC(N)=O. The molecular weight excluding hydrogens is 453 g/mol. The highest BCUT2D eigenvalue weighted by molar-refractivity contribution is 5.81. The number of fused-ring (bicyclic) bond motifs is 1. The summed E-state index contributed by atoms with van der Waals surface area (Å²) in [4.78, 5) is 28.8. The fourth-order valence-electron chi connectivity index (χ4n) is 4.75. The highest BCUT2D eigenvalue weighted by Gasteiger charge is 2.46. The molecule has 1 aromatic carbocycles. The maximum absolute atomic E-state index is 13.2. The summed E-state index contributed by atoms with van der Waals surface area (Å²) in [6.07, 6.45) is -4.71. The third-order valence-electron chi connectivity index (χ3n) is 6.08. The second kappa shape index (κ2) is 8.23. The van der Waals surface area contributed by atoms with E-state index < -0.39 is 35.4 Å². The van der Waals surface area contributed by atoms with Gasteiger partial charge in [0.25, 0.3) is 0 Å². The second-order valence-corrected chi connectivity index (χ2v) is 9.72. The number of benzene rings is 1. The summed E-state index contributed by atoms with van der Waals surface area (Å²) in [5.74, 6) is 0.317. The van der Waals surface area contributed by atoms with Crippen molar-refractivity contribution in [2.45, 2.75) is 58.3 Å². The van der Waals surface area contributed by atoms with Gasteiger partial charge in [-0.2, -0.15) is 13.2 Å². The Bertz CT molecular complexity index is 1120. The van der Waals surface area contributed by atoms with Crippen molar-refractivity contribution < 1.29 is 32.3 Å². The van der Waals surface area contributed by atoms with E-state index in [9.17, 15) is 22.8 Å². The number of nitrogens with zero attached hydrogens (tertiary/aromatic N) is 2. The average molecular weight is 480 g/mol. The molecule has 184 valence electrons. The van der Waals surface area contributed by atoms with Crippen LogP contribution in [0.25, 0.3) is 11.1 Å². The summed E-state index contributed by atoms with van der Waals surface area (Å²) in [6, 6.07) is 4.17. The van der Waals surface area contributed by atoms with Crippen LogP contribution in [0, 0.1) is 5.41 Å².